The topological polar surface area (TPSA) is 35.2 Å². The standard InChI is InChI=1S/C13H21NO/c1-4-10(2)11-5-6-13(15-3)12(9-11)7-8-14/h5-6,9-10H,4,7-8,14H2,1-3H3. The van der Waals surface area contributed by atoms with Crippen LogP contribution in [0.2, 0.25) is 0 Å². The van der Waals surface area contributed by atoms with E-state index in [9.17, 15) is 0 Å². The van der Waals surface area contributed by atoms with Crippen molar-refractivity contribution in [3.63, 3.8) is 0 Å². The third-order valence-corrected chi connectivity index (χ3v) is 2.90. The summed E-state index contributed by atoms with van der Waals surface area (Å²) >= 11 is 0. The molecule has 0 aliphatic heterocycles. The van der Waals surface area contributed by atoms with Gasteiger partial charge < -0.3 is 10.5 Å². The summed E-state index contributed by atoms with van der Waals surface area (Å²) in [5.41, 5.74) is 8.18. The van der Waals surface area contributed by atoms with Crippen LogP contribution in [0.15, 0.2) is 18.2 Å². The Morgan fingerprint density at radius 2 is 2.13 bits per heavy atom. The zero-order chi connectivity index (χ0) is 11.3. The van der Waals surface area contributed by atoms with E-state index in [-0.39, 0.29) is 0 Å². The lowest BCUT2D eigenvalue weighted by atomic mass is 9.95. The van der Waals surface area contributed by atoms with Gasteiger partial charge in [0, 0.05) is 0 Å². The Morgan fingerprint density at radius 1 is 1.40 bits per heavy atom. The molecule has 0 radical (unpaired) electrons. The zero-order valence-electron chi connectivity index (χ0n) is 9.92. The van der Waals surface area contributed by atoms with Crippen molar-refractivity contribution in [1.82, 2.24) is 0 Å². The van der Waals surface area contributed by atoms with Crippen LogP contribution in [-0.4, -0.2) is 13.7 Å². The lowest BCUT2D eigenvalue weighted by Crippen LogP contribution is -2.05. The van der Waals surface area contributed by atoms with Gasteiger partial charge in [-0.3, -0.25) is 0 Å². The van der Waals surface area contributed by atoms with Crippen molar-refractivity contribution in [2.75, 3.05) is 13.7 Å². The van der Waals surface area contributed by atoms with Crippen LogP contribution in [0.1, 0.15) is 37.3 Å². The van der Waals surface area contributed by atoms with Gasteiger partial charge in [-0.2, -0.15) is 0 Å². The molecule has 15 heavy (non-hydrogen) atoms. The highest BCUT2D eigenvalue weighted by atomic mass is 16.5. The summed E-state index contributed by atoms with van der Waals surface area (Å²) in [5, 5.41) is 0. The average Bonchev–Trinajstić information content (AvgIpc) is 2.28. The SMILES string of the molecule is CCC(C)c1ccc(OC)c(CCN)c1. The van der Waals surface area contributed by atoms with E-state index >= 15 is 0 Å². The maximum atomic E-state index is 5.59. The quantitative estimate of drug-likeness (QED) is 0.805. The number of hydrogen-bond donors (Lipinski definition) is 1. The molecule has 2 nitrogen and oxygen atoms in total. The second-order valence-corrected chi connectivity index (χ2v) is 3.92. The van der Waals surface area contributed by atoms with Crippen molar-refractivity contribution in [2.45, 2.75) is 32.6 Å². The van der Waals surface area contributed by atoms with Crippen molar-refractivity contribution in [1.29, 1.82) is 0 Å². The number of hydrogen-bond acceptors (Lipinski definition) is 2. The summed E-state index contributed by atoms with van der Waals surface area (Å²) < 4.78 is 5.31. The Kier molecular flexibility index (Phi) is 4.63. The van der Waals surface area contributed by atoms with E-state index in [4.69, 9.17) is 10.5 Å². The Bertz CT molecular complexity index is 309. The molecule has 1 unspecified atom stereocenters. The van der Waals surface area contributed by atoms with E-state index in [2.05, 4.69) is 26.0 Å². The third-order valence-electron chi connectivity index (χ3n) is 2.90. The first-order chi connectivity index (χ1) is 7.22. The molecule has 1 aromatic carbocycles. The minimum absolute atomic E-state index is 0.604. The molecule has 1 aromatic rings. The van der Waals surface area contributed by atoms with Gasteiger partial charge in [0.2, 0.25) is 0 Å². The predicted molar refractivity (Wildman–Crippen MR) is 64.5 cm³/mol. The van der Waals surface area contributed by atoms with Crippen molar-refractivity contribution >= 4 is 0 Å². The molecule has 0 heterocycles. The van der Waals surface area contributed by atoms with Crippen LogP contribution in [-0.2, 0) is 6.42 Å². The Balaban J connectivity index is 2.98. The van der Waals surface area contributed by atoms with Gasteiger partial charge in [0.15, 0.2) is 0 Å². The van der Waals surface area contributed by atoms with Crippen LogP contribution in [0.25, 0.3) is 0 Å². The fourth-order valence-electron chi connectivity index (χ4n) is 1.69. The van der Waals surface area contributed by atoms with Gasteiger partial charge in [-0.05, 0) is 42.5 Å². The normalized spacial score (nSPS) is 12.5. The maximum Gasteiger partial charge on any atom is 0.122 e. The minimum Gasteiger partial charge on any atom is -0.496 e. The molecule has 0 spiro atoms. The van der Waals surface area contributed by atoms with Gasteiger partial charge in [-0.1, -0.05) is 26.0 Å². The molecule has 0 bridgehead atoms. The van der Waals surface area contributed by atoms with E-state index in [1.807, 2.05) is 6.07 Å². The molecule has 2 heteroatoms. The van der Waals surface area contributed by atoms with Crippen LogP contribution >= 0.6 is 0 Å². The molecule has 1 atom stereocenters. The van der Waals surface area contributed by atoms with Crippen LogP contribution in [0.4, 0.5) is 0 Å². The predicted octanol–water partition coefficient (Wildman–Crippen LogP) is 2.71. The summed E-state index contributed by atoms with van der Waals surface area (Å²) in [7, 11) is 1.71. The fraction of sp³-hybridized carbons (Fsp3) is 0.538. The van der Waals surface area contributed by atoms with Crippen molar-refractivity contribution in [3.05, 3.63) is 29.3 Å². The number of nitrogens with two attached hydrogens (primary N) is 1. The summed E-state index contributed by atoms with van der Waals surface area (Å²) in [4.78, 5) is 0. The summed E-state index contributed by atoms with van der Waals surface area (Å²) in [6, 6.07) is 6.42. The lowest BCUT2D eigenvalue weighted by molar-refractivity contribution is 0.409. The number of methoxy groups -OCH3 is 1. The van der Waals surface area contributed by atoms with E-state index < -0.39 is 0 Å². The smallest absolute Gasteiger partial charge is 0.122 e. The molecule has 0 aromatic heterocycles. The van der Waals surface area contributed by atoms with E-state index in [1.165, 1.54) is 11.1 Å². The van der Waals surface area contributed by atoms with Crippen molar-refractivity contribution in [2.24, 2.45) is 5.73 Å². The molecule has 0 aliphatic rings. The van der Waals surface area contributed by atoms with Gasteiger partial charge >= 0.3 is 0 Å². The molecule has 2 N–H and O–H groups in total. The van der Waals surface area contributed by atoms with Gasteiger partial charge in [0.25, 0.3) is 0 Å². The maximum absolute atomic E-state index is 5.59. The van der Waals surface area contributed by atoms with Gasteiger partial charge in [0.05, 0.1) is 7.11 Å². The van der Waals surface area contributed by atoms with Gasteiger partial charge in [-0.15, -0.1) is 0 Å². The van der Waals surface area contributed by atoms with Crippen molar-refractivity contribution < 1.29 is 4.74 Å². The Morgan fingerprint density at radius 3 is 2.67 bits per heavy atom. The van der Waals surface area contributed by atoms with E-state index in [0.29, 0.717) is 12.5 Å². The van der Waals surface area contributed by atoms with Crippen molar-refractivity contribution in [3.8, 4) is 5.75 Å². The highest BCUT2D eigenvalue weighted by Gasteiger charge is 2.07. The summed E-state index contributed by atoms with van der Waals surface area (Å²) in [6.45, 7) is 5.12. The molecule has 0 aliphatic carbocycles. The van der Waals surface area contributed by atoms with Crippen LogP contribution in [0.5, 0.6) is 5.75 Å². The second-order valence-electron chi connectivity index (χ2n) is 3.92. The van der Waals surface area contributed by atoms with Crippen LogP contribution < -0.4 is 10.5 Å². The van der Waals surface area contributed by atoms with Crippen LogP contribution in [0, 0.1) is 0 Å². The third kappa shape index (κ3) is 2.96. The first-order valence-corrected chi connectivity index (χ1v) is 5.59. The highest BCUT2D eigenvalue weighted by molar-refractivity contribution is 5.38. The minimum atomic E-state index is 0.604. The second kappa shape index (κ2) is 5.76. The summed E-state index contributed by atoms with van der Waals surface area (Å²) in [6.07, 6.45) is 2.04. The average molecular weight is 207 g/mol. The number of rotatable bonds is 5. The molecular weight excluding hydrogens is 186 g/mol. The molecule has 0 fully saturated rings. The number of benzene rings is 1. The molecular formula is C13H21NO. The molecule has 0 saturated heterocycles. The molecule has 84 valence electrons. The van der Waals surface area contributed by atoms with E-state index in [1.54, 1.807) is 7.11 Å². The van der Waals surface area contributed by atoms with Crippen LogP contribution in [0.3, 0.4) is 0 Å². The first kappa shape index (κ1) is 12.1. The van der Waals surface area contributed by atoms with Gasteiger partial charge in [0.1, 0.15) is 5.75 Å². The zero-order valence-corrected chi connectivity index (χ0v) is 9.92. The number of ether oxygens (including phenoxy) is 1. The monoisotopic (exact) mass is 207 g/mol. The highest BCUT2D eigenvalue weighted by Crippen LogP contribution is 2.25. The molecule has 0 saturated carbocycles. The van der Waals surface area contributed by atoms with Gasteiger partial charge in [-0.25, -0.2) is 0 Å². The fourth-order valence-corrected chi connectivity index (χ4v) is 1.69. The molecule has 0 amide bonds. The summed E-state index contributed by atoms with van der Waals surface area (Å²) in [5.74, 6) is 1.56. The Hall–Kier alpha value is -1.02. The largest absolute Gasteiger partial charge is 0.496 e. The first-order valence-electron chi connectivity index (χ1n) is 5.59. The van der Waals surface area contributed by atoms with E-state index in [0.717, 1.165) is 18.6 Å². The lowest BCUT2D eigenvalue weighted by Gasteiger charge is -2.13. The Labute approximate surface area is 92.4 Å². The molecule has 1 rings (SSSR count).